The molecule has 0 aromatic carbocycles. The highest BCUT2D eigenvalue weighted by Crippen LogP contribution is 2.14. The number of hydrogen-bond acceptors (Lipinski definition) is 6. The summed E-state index contributed by atoms with van der Waals surface area (Å²) in [6, 6.07) is 0. The molecule has 65 heavy (non-hydrogen) atoms. The Kier molecular flexibility index (Phi) is 49.5. The Balaban J connectivity index is 4.49. The van der Waals surface area contributed by atoms with Crippen LogP contribution >= 0.6 is 0 Å². The third-order valence-electron chi connectivity index (χ3n) is 10.8. The molecule has 0 aromatic rings. The Morgan fingerprint density at radius 1 is 0.338 bits per heavy atom. The van der Waals surface area contributed by atoms with Crippen molar-refractivity contribution in [3.63, 3.8) is 0 Å². The van der Waals surface area contributed by atoms with Gasteiger partial charge in [0.15, 0.2) is 6.10 Å². The van der Waals surface area contributed by atoms with Crippen LogP contribution in [0.2, 0.25) is 0 Å². The van der Waals surface area contributed by atoms with E-state index in [0.29, 0.717) is 19.3 Å². The van der Waals surface area contributed by atoms with Gasteiger partial charge in [-0.05, 0) is 96.3 Å². The highest BCUT2D eigenvalue weighted by atomic mass is 16.6. The van der Waals surface area contributed by atoms with Crippen molar-refractivity contribution in [3.8, 4) is 0 Å². The molecule has 0 N–H and O–H groups in total. The summed E-state index contributed by atoms with van der Waals surface area (Å²) in [6.07, 6.45) is 70.7. The molecule has 0 rings (SSSR count). The molecule has 0 saturated carbocycles. The van der Waals surface area contributed by atoms with Gasteiger partial charge < -0.3 is 14.2 Å². The largest absolute Gasteiger partial charge is 0.462 e. The van der Waals surface area contributed by atoms with Crippen LogP contribution in [-0.4, -0.2) is 37.2 Å². The third-order valence-corrected chi connectivity index (χ3v) is 10.8. The number of unbranched alkanes of at least 4 members (excludes halogenated alkanes) is 21. The van der Waals surface area contributed by atoms with E-state index in [-0.39, 0.29) is 31.1 Å². The first-order valence-electron chi connectivity index (χ1n) is 26.5. The van der Waals surface area contributed by atoms with Gasteiger partial charge in [-0.3, -0.25) is 14.4 Å². The monoisotopic (exact) mass is 901 g/mol. The van der Waals surface area contributed by atoms with E-state index in [1.54, 1.807) is 0 Å². The van der Waals surface area contributed by atoms with E-state index in [1.165, 1.54) is 83.5 Å². The van der Waals surface area contributed by atoms with Crippen molar-refractivity contribution in [1.29, 1.82) is 0 Å². The number of carbonyl (C=O) groups is 3. The Bertz CT molecular complexity index is 1360. The molecule has 6 heteroatoms. The highest BCUT2D eigenvalue weighted by Gasteiger charge is 2.19. The van der Waals surface area contributed by atoms with Crippen molar-refractivity contribution in [2.45, 2.75) is 232 Å². The first kappa shape index (κ1) is 61.1. The fourth-order valence-corrected chi connectivity index (χ4v) is 6.89. The second kappa shape index (κ2) is 52.7. The number of carbonyl (C=O) groups excluding carboxylic acids is 3. The van der Waals surface area contributed by atoms with Crippen LogP contribution in [0, 0.1) is 0 Å². The van der Waals surface area contributed by atoms with Gasteiger partial charge in [-0.15, -0.1) is 0 Å². The molecule has 0 aliphatic rings. The van der Waals surface area contributed by atoms with Crippen molar-refractivity contribution in [2.24, 2.45) is 0 Å². The Morgan fingerprint density at radius 2 is 0.692 bits per heavy atom. The molecular weight excluding hydrogens is 805 g/mol. The molecule has 0 radical (unpaired) electrons. The van der Waals surface area contributed by atoms with Crippen LogP contribution in [0.15, 0.2) is 109 Å². The predicted octanol–water partition coefficient (Wildman–Crippen LogP) is 17.5. The van der Waals surface area contributed by atoms with Gasteiger partial charge >= 0.3 is 17.9 Å². The van der Waals surface area contributed by atoms with Crippen LogP contribution in [0.25, 0.3) is 0 Å². The molecule has 1 unspecified atom stereocenters. The molecule has 0 bridgehead atoms. The summed E-state index contributed by atoms with van der Waals surface area (Å²) in [5.74, 6) is -0.978. The van der Waals surface area contributed by atoms with E-state index in [1.807, 2.05) is 24.3 Å². The van der Waals surface area contributed by atoms with E-state index < -0.39 is 6.10 Å². The maximum absolute atomic E-state index is 12.8. The van der Waals surface area contributed by atoms with Crippen molar-refractivity contribution in [2.75, 3.05) is 13.2 Å². The number of rotatable bonds is 46. The van der Waals surface area contributed by atoms with Crippen LogP contribution in [0.4, 0.5) is 0 Å². The number of ether oxygens (including phenoxy) is 3. The smallest absolute Gasteiger partial charge is 0.306 e. The Hall–Kier alpha value is -3.93. The quantitative estimate of drug-likeness (QED) is 0.0199. The van der Waals surface area contributed by atoms with Gasteiger partial charge in [-0.2, -0.15) is 0 Å². The minimum absolute atomic E-state index is 0.107. The number of esters is 3. The van der Waals surface area contributed by atoms with Crippen LogP contribution in [-0.2, 0) is 28.6 Å². The Morgan fingerprint density at radius 3 is 1.18 bits per heavy atom. The van der Waals surface area contributed by atoms with Crippen LogP contribution < -0.4 is 0 Å². The van der Waals surface area contributed by atoms with Crippen LogP contribution in [0.5, 0.6) is 0 Å². The maximum Gasteiger partial charge on any atom is 0.306 e. The normalized spacial score (nSPS) is 13.0. The first-order chi connectivity index (χ1) is 32.0. The van der Waals surface area contributed by atoms with E-state index in [2.05, 4.69) is 106 Å². The highest BCUT2D eigenvalue weighted by molar-refractivity contribution is 5.71. The van der Waals surface area contributed by atoms with Gasteiger partial charge in [0.2, 0.25) is 0 Å². The Labute approximate surface area is 400 Å². The second-order valence-corrected chi connectivity index (χ2v) is 17.2. The summed E-state index contributed by atoms with van der Waals surface area (Å²) >= 11 is 0. The van der Waals surface area contributed by atoms with Gasteiger partial charge in [0, 0.05) is 19.3 Å². The molecule has 0 saturated heterocycles. The zero-order valence-electron chi connectivity index (χ0n) is 42.0. The SMILES string of the molecule is CC/C=C\C/C=C\C/C=C\CCCCC(=O)OCC(COC(=O)CCCCCCC\C=C/C=C\C=C/C=C\C=C/CCC)OC(=O)CCCCCCCCC/C=C\CCCCCCCC. The minimum atomic E-state index is -0.808. The summed E-state index contributed by atoms with van der Waals surface area (Å²) in [5, 5.41) is 0. The molecule has 0 amide bonds. The summed E-state index contributed by atoms with van der Waals surface area (Å²) in [6.45, 7) is 6.36. The average Bonchev–Trinajstić information content (AvgIpc) is 3.30. The molecule has 0 heterocycles. The molecule has 1 atom stereocenters. The lowest BCUT2D eigenvalue weighted by Gasteiger charge is -2.18. The molecule has 0 fully saturated rings. The van der Waals surface area contributed by atoms with Crippen molar-refractivity contribution < 1.29 is 28.6 Å². The molecule has 0 aliphatic carbocycles. The maximum atomic E-state index is 12.8. The average molecular weight is 901 g/mol. The number of allylic oxidation sites excluding steroid dienone is 18. The standard InChI is InChI=1S/C59H96O6/c1-4-7-10-13-16-19-22-25-27-29-31-32-34-37-40-43-46-49-52-58(61)64-55-56(54-63-57(60)51-48-45-42-39-36-24-21-18-15-12-9-6-3)65-59(62)53-50-47-44-41-38-35-33-30-28-26-23-20-17-14-11-8-5-2/h9-10,12-13,16,18-19,21-22,25-29,31-32,36,39,56H,4-8,11,14-15,17,20,23-24,30,33-35,37-38,40-55H2,1-3H3/b12-9-,13-10-,19-16-,21-18-,25-22-,28-26-,29-27-,32-31-,39-36-. The molecule has 0 spiro atoms. The summed E-state index contributed by atoms with van der Waals surface area (Å²) < 4.78 is 16.8. The van der Waals surface area contributed by atoms with Gasteiger partial charge in [-0.1, -0.05) is 220 Å². The molecule has 6 nitrogen and oxygen atoms in total. The van der Waals surface area contributed by atoms with Gasteiger partial charge in [0.25, 0.3) is 0 Å². The van der Waals surface area contributed by atoms with Gasteiger partial charge in [-0.25, -0.2) is 0 Å². The first-order valence-corrected chi connectivity index (χ1v) is 26.5. The van der Waals surface area contributed by atoms with E-state index in [9.17, 15) is 14.4 Å². The lowest BCUT2D eigenvalue weighted by atomic mass is 10.1. The minimum Gasteiger partial charge on any atom is -0.462 e. The zero-order valence-corrected chi connectivity index (χ0v) is 42.0. The van der Waals surface area contributed by atoms with Crippen molar-refractivity contribution in [1.82, 2.24) is 0 Å². The zero-order chi connectivity index (χ0) is 47.2. The van der Waals surface area contributed by atoms with Crippen molar-refractivity contribution in [3.05, 3.63) is 109 Å². The van der Waals surface area contributed by atoms with E-state index in [4.69, 9.17) is 14.2 Å². The summed E-state index contributed by atoms with van der Waals surface area (Å²) in [4.78, 5) is 38.0. The predicted molar refractivity (Wildman–Crippen MR) is 279 cm³/mol. The van der Waals surface area contributed by atoms with E-state index in [0.717, 1.165) is 103 Å². The second-order valence-electron chi connectivity index (χ2n) is 17.2. The van der Waals surface area contributed by atoms with Crippen LogP contribution in [0.1, 0.15) is 226 Å². The topological polar surface area (TPSA) is 78.9 Å². The summed E-state index contributed by atoms with van der Waals surface area (Å²) in [7, 11) is 0. The van der Waals surface area contributed by atoms with Gasteiger partial charge in [0.05, 0.1) is 0 Å². The third kappa shape index (κ3) is 50.9. The number of hydrogen-bond donors (Lipinski definition) is 0. The molecular formula is C59H96O6. The summed E-state index contributed by atoms with van der Waals surface area (Å²) in [5.41, 5.74) is 0. The van der Waals surface area contributed by atoms with Gasteiger partial charge in [0.1, 0.15) is 13.2 Å². The molecule has 0 aliphatic heterocycles. The lowest BCUT2D eigenvalue weighted by molar-refractivity contribution is -0.167. The van der Waals surface area contributed by atoms with Crippen LogP contribution in [0.3, 0.4) is 0 Å². The molecule has 368 valence electrons. The fourth-order valence-electron chi connectivity index (χ4n) is 6.89. The lowest BCUT2D eigenvalue weighted by Crippen LogP contribution is -2.30. The van der Waals surface area contributed by atoms with E-state index >= 15 is 0 Å². The molecule has 0 aromatic heterocycles. The van der Waals surface area contributed by atoms with Crippen molar-refractivity contribution >= 4 is 17.9 Å². The fraction of sp³-hybridized carbons (Fsp3) is 0.644.